The summed E-state index contributed by atoms with van der Waals surface area (Å²) in [5.41, 5.74) is 5.37. The molecule has 8 heteroatoms. The predicted octanol–water partition coefficient (Wildman–Crippen LogP) is 2.78. The minimum Gasteiger partial charge on any atom is -0.289 e. The standard InChI is InChI=1S/C21H23N3O4S/c1-21(20(25)23-26,29(2,27)28)12-11-16-7-9-17(10-8-16)18-5-3-6-19(15-18)24-14-4-13-22-24/h3-10,13-15,26H,11-12H2,1-2H3,(H,23,25)/t21-/m1/s1. The molecule has 0 saturated heterocycles. The molecule has 3 rings (SSSR count). The van der Waals surface area contributed by atoms with E-state index in [9.17, 15) is 13.2 Å². The van der Waals surface area contributed by atoms with Crippen molar-refractivity contribution < 1.29 is 18.4 Å². The third kappa shape index (κ3) is 4.38. The first-order chi connectivity index (χ1) is 13.7. The number of hydrogen-bond donors (Lipinski definition) is 2. The van der Waals surface area contributed by atoms with Crippen LogP contribution in [0.5, 0.6) is 0 Å². The van der Waals surface area contributed by atoms with Gasteiger partial charge in [-0.25, -0.2) is 18.6 Å². The Morgan fingerprint density at radius 1 is 1.14 bits per heavy atom. The third-order valence-electron chi connectivity index (χ3n) is 5.19. The lowest BCUT2D eigenvalue weighted by Gasteiger charge is -2.25. The molecule has 0 spiro atoms. The Kier molecular flexibility index (Phi) is 5.86. The van der Waals surface area contributed by atoms with Crippen molar-refractivity contribution in [3.63, 3.8) is 0 Å². The number of benzene rings is 2. The van der Waals surface area contributed by atoms with Crippen LogP contribution in [0.1, 0.15) is 18.9 Å². The van der Waals surface area contributed by atoms with Gasteiger partial charge in [0.1, 0.15) is 4.75 Å². The largest absolute Gasteiger partial charge is 0.289 e. The van der Waals surface area contributed by atoms with Crippen LogP contribution < -0.4 is 5.48 Å². The highest BCUT2D eigenvalue weighted by molar-refractivity contribution is 7.92. The molecule has 0 radical (unpaired) electrons. The van der Waals surface area contributed by atoms with Crippen LogP contribution in [0.15, 0.2) is 67.0 Å². The van der Waals surface area contributed by atoms with Crippen LogP contribution in [-0.2, 0) is 21.1 Å². The molecule has 0 aliphatic rings. The van der Waals surface area contributed by atoms with Crippen molar-refractivity contribution in [2.24, 2.45) is 0 Å². The number of carbonyl (C=O) groups is 1. The molecule has 1 atom stereocenters. The summed E-state index contributed by atoms with van der Waals surface area (Å²) < 4.78 is 24.2. The van der Waals surface area contributed by atoms with Gasteiger partial charge in [-0.1, -0.05) is 36.4 Å². The van der Waals surface area contributed by atoms with Gasteiger partial charge in [-0.15, -0.1) is 0 Å². The van der Waals surface area contributed by atoms with E-state index in [0.29, 0.717) is 6.42 Å². The van der Waals surface area contributed by atoms with Gasteiger partial charge in [-0.2, -0.15) is 5.10 Å². The number of nitrogens with one attached hydrogen (secondary N) is 1. The summed E-state index contributed by atoms with van der Waals surface area (Å²) >= 11 is 0. The van der Waals surface area contributed by atoms with Crippen molar-refractivity contribution in [3.8, 4) is 16.8 Å². The van der Waals surface area contributed by atoms with Gasteiger partial charge in [0.25, 0.3) is 5.91 Å². The number of carbonyl (C=O) groups excluding carboxylic acids is 1. The molecule has 0 aliphatic heterocycles. The van der Waals surface area contributed by atoms with E-state index in [1.54, 1.807) is 10.9 Å². The average molecular weight is 413 g/mol. The number of hydrogen-bond acceptors (Lipinski definition) is 5. The zero-order valence-corrected chi connectivity index (χ0v) is 17.1. The maximum absolute atomic E-state index is 12.1. The highest BCUT2D eigenvalue weighted by Gasteiger charge is 2.43. The molecule has 3 aromatic rings. The molecule has 7 nitrogen and oxygen atoms in total. The molecule has 29 heavy (non-hydrogen) atoms. The van der Waals surface area contributed by atoms with Crippen molar-refractivity contribution in [3.05, 3.63) is 72.6 Å². The summed E-state index contributed by atoms with van der Waals surface area (Å²) in [4.78, 5) is 11.9. The molecule has 0 fully saturated rings. The first-order valence-corrected chi connectivity index (χ1v) is 11.0. The van der Waals surface area contributed by atoms with Gasteiger partial charge in [0.05, 0.1) is 5.69 Å². The number of amides is 1. The quantitative estimate of drug-likeness (QED) is 0.458. The highest BCUT2D eigenvalue weighted by atomic mass is 32.2. The van der Waals surface area contributed by atoms with E-state index < -0.39 is 20.5 Å². The number of aryl methyl sites for hydroxylation is 1. The number of rotatable bonds is 7. The third-order valence-corrected chi connectivity index (χ3v) is 7.22. The summed E-state index contributed by atoms with van der Waals surface area (Å²) in [5.74, 6) is -0.924. The first kappa shape index (κ1) is 20.8. The second kappa shape index (κ2) is 8.18. The topological polar surface area (TPSA) is 101 Å². The molecule has 1 amide bonds. The van der Waals surface area contributed by atoms with Gasteiger partial charge in [0.2, 0.25) is 0 Å². The molecule has 152 valence electrons. The summed E-state index contributed by atoms with van der Waals surface area (Å²) in [5, 5.41) is 13.2. The van der Waals surface area contributed by atoms with Crippen molar-refractivity contribution in [2.75, 3.05) is 6.26 Å². The summed E-state index contributed by atoms with van der Waals surface area (Å²) in [7, 11) is -3.70. The molecule has 0 unspecified atom stereocenters. The van der Waals surface area contributed by atoms with Crippen LogP contribution in [0.3, 0.4) is 0 Å². The van der Waals surface area contributed by atoms with Crippen LogP contribution in [0.4, 0.5) is 0 Å². The van der Waals surface area contributed by atoms with E-state index >= 15 is 0 Å². The fourth-order valence-corrected chi connectivity index (χ4v) is 3.94. The lowest BCUT2D eigenvalue weighted by Crippen LogP contribution is -2.49. The van der Waals surface area contributed by atoms with Crippen LogP contribution in [0.25, 0.3) is 16.8 Å². The monoisotopic (exact) mass is 413 g/mol. The zero-order chi connectivity index (χ0) is 21.1. The van der Waals surface area contributed by atoms with E-state index in [-0.39, 0.29) is 6.42 Å². The van der Waals surface area contributed by atoms with Crippen molar-refractivity contribution >= 4 is 15.7 Å². The number of nitrogens with zero attached hydrogens (tertiary/aromatic N) is 2. The fourth-order valence-electron chi connectivity index (χ4n) is 3.08. The predicted molar refractivity (Wildman–Crippen MR) is 110 cm³/mol. The van der Waals surface area contributed by atoms with Crippen LogP contribution >= 0.6 is 0 Å². The molecular formula is C21H23N3O4S. The Balaban J connectivity index is 1.77. The molecule has 0 bridgehead atoms. The molecule has 2 aromatic carbocycles. The van der Waals surface area contributed by atoms with Gasteiger partial charge in [-0.3, -0.25) is 10.0 Å². The van der Waals surface area contributed by atoms with Crippen LogP contribution in [0, 0.1) is 0 Å². The second-order valence-corrected chi connectivity index (χ2v) is 9.59. The maximum Gasteiger partial charge on any atom is 0.264 e. The Labute approximate surface area is 169 Å². The van der Waals surface area contributed by atoms with Crippen molar-refractivity contribution in [2.45, 2.75) is 24.5 Å². The number of sulfone groups is 1. The molecule has 0 saturated carbocycles. The molecule has 0 aliphatic carbocycles. The molecule has 1 heterocycles. The summed E-state index contributed by atoms with van der Waals surface area (Å²) in [6, 6.07) is 17.6. The second-order valence-electron chi connectivity index (χ2n) is 7.14. The van der Waals surface area contributed by atoms with E-state index in [1.165, 1.54) is 12.4 Å². The van der Waals surface area contributed by atoms with E-state index in [4.69, 9.17) is 5.21 Å². The molecular weight excluding hydrogens is 390 g/mol. The summed E-state index contributed by atoms with van der Waals surface area (Å²) in [6.07, 6.45) is 5.04. The number of aromatic nitrogens is 2. The molecule has 2 N–H and O–H groups in total. The van der Waals surface area contributed by atoms with Gasteiger partial charge in [0, 0.05) is 18.6 Å². The van der Waals surface area contributed by atoms with Crippen LogP contribution in [-0.4, -0.2) is 40.3 Å². The first-order valence-electron chi connectivity index (χ1n) is 9.08. The Hall–Kier alpha value is -2.97. The highest BCUT2D eigenvalue weighted by Crippen LogP contribution is 2.26. The van der Waals surface area contributed by atoms with E-state index in [2.05, 4.69) is 5.10 Å². The fraction of sp³-hybridized carbons (Fsp3) is 0.238. The lowest BCUT2D eigenvalue weighted by molar-refractivity contribution is -0.131. The van der Waals surface area contributed by atoms with Gasteiger partial charge < -0.3 is 0 Å². The Bertz CT molecular complexity index is 1090. The Morgan fingerprint density at radius 3 is 2.45 bits per heavy atom. The van der Waals surface area contributed by atoms with E-state index in [0.717, 1.165) is 28.6 Å². The van der Waals surface area contributed by atoms with Gasteiger partial charge in [-0.05, 0) is 54.7 Å². The lowest BCUT2D eigenvalue weighted by atomic mass is 9.97. The minimum absolute atomic E-state index is 0.0619. The zero-order valence-electron chi connectivity index (χ0n) is 16.2. The van der Waals surface area contributed by atoms with Crippen molar-refractivity contribution in [1.82, 2.24) is 15.3 Å². The van der Waals surface area contributed by atoms with Gasteiger partial charge >= 0.3 is 0 Å². The van der Waals surface area contributed by atoms with Gasteiger partial charge in [0.15, 0.2) is 9.84 Å². The van der Waals surface area contributed by atoms with Crippen LogP contribution in [0.2, 0.25) is 0 Å². The average Bonchev–Trinajstić information content (AvgIpc) is 3.26. The minimum atomic E-state index is -3.70. The smallest absolute Gasteiger partial charge is 0.264 e. The maximum atomic E-state index is 12.1. The molecule has 1 aromatic heterocycles. The summed E-state index contributed by atoms with van der Waals surface area (Å²) in [6.45, 7) is 1.32. The SMILES string of the molecule is C[C@@](CCc1ccc(-c2cccc(-n3cccn3)c2)cc1)(C(=O)NO)S(C)(=O)=O. The normalized spacial score (nSPS) is 13.6. The van der Waals surface area contributed by atoms with Crippen molar-refractivity contribution in [1.29, 1.82) is 0 Å². The number of hydroxylamine groups is 1. The Morgan fingerprint density at radius 2 is 1.86 bits per heavy atom. The van der Waals surface area contributed by atoms with E-state index in [1.807, 2.05) is 60.8 Å².